The van der Waals surface area contributed by atoms with Crippen molar-refractivity contribution in [3.8, 4) is 11.1 Å². The van der Waals surface area contributed by atoms with Crippen LogP contribution in [0, 0.1) is 11.7 Å². The molecule has 2 rings (SSSR count). The molecule has 0 fully saturated rings. The molecule has 2 aromatic carbocycles. The van der Waals surface area contributed by atoms with Crippen molar-refractivity contribution in [1.82, 2.24) is 10.4 Å². The lowest BCUT2D eigenvalue weighted by atomic mass is 9.95. The highest BCUT2D eigenvalue weighted by Crippen LogP contribution is 2.26. The Morgan fingerprint density at radius 3 is 2.56 bits per heavy atom. The third-order valence-corrected chi connectivity index (χ3v) is 4.61. The molecule has 0 heterocycles. The summed E-state index contributed by atoms with van der Waals surface area (Å²) >= 11 is 11.6. The zero-order valence-corrected chi connectivity index (χ0v) is 16.8. The van der Waals surface area contributed by atoms with Crippen LogP contribution in [0.25, 0.3) is 11.1 Å². The van der Waals surface area contributed by atoms with E-state index >= 15 is 0 Å². The minimum atomic E-state index is -0.318. The minimum absolute atomic E-state index is 0.0735. The molecule has 0 aliphatic rings. The van der Waals surface area contributed by atoms with Crippen LogP contribution >= 0.6 is 23.4 Å². The second-order valence-corrected chi connectivity index (χ2v) is 6.98. The van der Waals surface area contributed by atoms with Gasteiger partial charge < -0.3 is 4.74 Å². The summed E-state index contributed by atoms with van der Waals surface area (Å²) in [6.45, 7) is 3.97. The number of benzene rings is 2. The van der Waals surface area contributed by atoms with Crippen LogP contribution in [0.3, 0.4) is 0 Å². The summed E-state index contributed by atoms with van der Waals surface area (Å²) in [5.41, 5.74) is 5.19. The van der Waals surface area contributed by atoms with Crippen LogP contribution in [-0.2, 0) is 16.0 Å². The maximum absolute atomic E-state index is 14.0. The molecule has 0 aliphatic heterocycles. The smallest absolute Gasteiger partial charge is 0.308 e. The van der Waals surface area contributed by atoms with Crippen molar-refractivity contribution in [3.05, 3.63) is 58.9 Å². The van der Waals surface area contributed by atoms with Gasteiger partial charge in [0.05, 0.1) is 12.5 Å². The van der Waals surface area contributed by atoms with Crippen molar-refractivity contribution in [1.29, 1.82) is 0 Å². The molecule has 4 nitrogen and oxygen atoms in total. The van der Waals surface area contributed by atoms with Gasteiger partial charge in [-0.1, -0.05) is 42.8 Å². The Kier molecular flexibility index (Phi) is 8.51. The lowest BCUT2D eigenvalue weighted by Crippen LogP contribution is -2.39. The van der Waals surface area contributed by atoms with Crippen LogP contribution < -0.4 is 10.4 Å². The van der Waals surface area contributed by atoms with Gasteiger partial charge >= 0.3 is 5.97 Å². The van der Waals surface area contributed by atoms with E-state index in [4.69, 9.17) is 28.1 Å². The number of nitrogens with one attached hydrogen (secondary N) is 2. The largest absolute Gasteiger partial charge is 0.466 e. The molecule has 0 spiro atoms. The van der Waals surface area contributed by atoms with Crippen LogP contribution in [-0.4, -0.2) is 18.6 Å². The Morgan fingerprint density at radius 2 is 1.93 bits per heavy atom. The molecule has 2 atom stereocenters. The lowest BCUT2D eigenvalue weighted by molar-refractivity contribution is -0.147. The maximum Gasteiger partial charge on any atom is 0.308 e. The van der Waals surface area contributed by atoms with E-state index in [0.29, 0.717) is 30.0 Å². The molecule has 7 heteroatoms. The van der Waals surface area contributed by atoms with Gasteiger partial charge in [-0.25, -0.2) is 9.82 Å². The first kappa shape index (κ1) is 21.6. The maximum atomic E-state index is 14.0. The molecule has 2 N–H and O–H groups in total. The first-order valence-corrected chi connectivity index (χ1v) is 9.52. The Labute approximate surface area is 169 Å². The highest BCUT2D eigenvalue weighted by atomic mass is 35.5. The van der Waals surface area contributed by atoms with Gasteiger partial charge in [-0.2, -0.15) is 4.94 Å². The van der Waals surface area contributed by atoms with Crippen LogP contribution in [0.2, 0.25) is 5.02 Å². The Morgan fingerprint density at radius 1 is 1.22 bits per heavy atom. The summed E-state index contributed by atoms with van der Waals surface area (Å²) in [6.07, 6.45) is 1.20. The third kappa shape index (κ3) is 6.47. The second-order valence-electron chi connectivity index (χ2n) is 6.35. The van der Waals surface area contributed by atoms with Gasteiger partial charge in [-0.15, -0.1) is 0 Å². The van der Waals surface area contributed by atoms with E-state index in [1.165, 1.54) is 12.1 Å². The van der Waals surface area contributed by atoms with Gasteiger partial charge in [0.15, 0.2) is 0 Å². The highest BCUT2D eigenvalue weighted by Gasteiger charge is 2.20. The minimum Gasteiger partial charge on any atom is -0.466 e. The summed E-state index contributed by atoms with van der Waals surface area (Å²) in [4.78, 5) is 14.3. The number of ether oxygens (including phenoxy) is 1. The third-order valence-electron chi connectivity index (χ3n) is 4.26. The molecule has 1 unspecified atom stereocenters. The van der Waals surface area contributed by atoms with Crippen molar-refractivity contribution < 1.29 is 13.9 Å². The monoisotopic (exact) mass is 412 g/mol. The molecule has 0 saturated heterocycles. The predicted molar refractivity (Wildman–Crippen MR) is 107 cm³/mol. The molecule has 0 amide bonds. The van der Waals surface area contributed by atoms with Gasteiger partial charge in [0.25, 0.3) is 0 Å². The Hall–Kier alpha value is -1.66. The quantitative estimate of drug-likeness (QED) is 0.349. The number of hydrogen-bond acceptors (Lipinski definition) is 4. The first-order valence-electron chi connectivity index (χ1n) is 8.76. The fourth-order valence-electron chi connectivity index (χ4n) is 2.90. The molecule has 0 saturated carbocycles. The van der Waals surface area contributed by atoms with Crippen molar-refractivity contribution in [2.45, 2.75) is 32.7 Å². The molecular weight excluding hydrogens is 390 g/mol. The van der Waals surface area contributed by atoms with Crippen LogP contribution in [0.1, 0.15) is 25.8 Å². The van der Waals surface area contributed by atoms with Gasteiger partial charge in [0, 0.05) is 16.6 Å². The summed E-state index contributed by atoms with van der Waals surface area (Å²) in [5, 5.41) is 0.487. The molecule has 2 aromatic rings. The number of carbonyl (C=O) groups is 1. The van der Waals surface area contributed by atoms with Crippen LogP contribution in [0.15, 0.2) is 42.5 Å². The van der Waals surface area contributed by atoms with E-state index in [2.05, 4.69) is 10.4 Å². The van der Waals surface area contributed by atoms with E-state index in [9.17, 15) is 9.18 Å². The number of esters is 1. The van der Waals surface area contributed by atoms with Crippen molar-refractivity contribution in [2.24, 2.45) is 5.92 Å². The SMILES string of the molecule is CCOC(=O)C(C)C[C@@H](Cc1ccc(-c2cc(Cl)ccc2F)cc1)NNCl. The predicted octanol–water partition coefficient (Wildman–Crippen LogP) is 4.89. The van der Waals surface area contributed by atoms with Crippen molar-refractivity contribution >= 4 is 29.3 Å². The summed E-state index contributed by atoms with van der Waals surface area (Å²) in [6, 6.07) is 12.0. The van der Waals surface area contributed by atoms with E-state index < -0.39 is 0 Å². The molecule has 27 heavy (non-hydrogen) atoms. The Balaban J connectivity index is 2.08. The average Bonchev–Trinajstić information content (AvgIpc) is 2.65. The standard InChI is InChI=1S/C20H23Cl2FN2O2/c1-3-27-20(26)13(2)10-17(24-25-22)11-14-4-6-15(7-5-14)18-12-16(21)8-9-19(18)23/h4-9,12-13,17,24-25H,3,10-11H2,1-2H3/t13?,17-/m0/s1. The summed E-state index contributed by atoms with van der Waals surface area (Å²) < 4.78 is 19.1. The normalized spacial score (nSPS) is 13.2. The average molecular weight is 413 g/mol. The summed E-state index contributed by atoms with van der Waals surface area (Å²) in [5.74, 6) is -0.806. The molecule has 0 bridgehead atoms. The fourth-order valence-corrected chi connectivity index (χ4v) is 3.23. The lowest BCUT2D eigenvalue weighted by Gasteiger charge is -2.20. The zero-order chi connectivity index (χ0) is 19.8. The van der Waals surface area contributed by atoms with Gasteiger partial charge in [-0.3, -0.25) is 4.79 Å². The van der Waals surface area contributed by atoms with E-state index in [1.807, 2.05) is 31.2 Å². The van der Waals surface area contributed by atoms with Gasteiger partial charge in [0.2, 0.25) is 0 Å². The van der Waals surface area contributed by atoms with Gasteiger partial charge in [0.1, 0.15) is 5.82 Å². The number of halogens is 3. The molecule has 0 radical (unpaired) electrons. The van der Waals surface area contributed by atoms with Gasteiger partial charge in [-0.05, 0) is 60.9 Å². The molecular formula is C20H23Cl2FN2O2. The highest BCUT2D eigenvalue weighted by molar-refractivity contribution is 6.30. The second kappa shape index (κ2) is 10.6. The number of rotatable bonds is 9. The molecule has 146 valence electrons. The van der Waals surface area contributed by atoms with Crippen LogP contribution in [0.5, 0.6) is 0 Å². The number of hydrazine groups is 1. The number of carbonyl (C=O) groups excluding carboxylic acids is 1. The zero-order valence-electron chi connectivity index (χ0n) is 15.3. The number of hydrogen-bond donors (Lipinski definition) is 2. The van der Waals surface area contributed by atoms with E-state index in [-0.39, 0.29) is 23.7 Å². The topological polar surface area (TPSA) is 50.4 Å². The first-order chi connectivity index (χ1) is 12.9. The summed E-state index contributed by atoms with van der Waals surface area (Å²) in [7, 11) is 0. The van der Waals surface area contributed by atoms with E-state index in [0.717, 1.165) is 11.1 Å². The molecule has 0 aliphatic carbocycles. The van der Waals surface area contributed by atoms with Crippen molar-refractivity contribution in [3.63, 3.8) is 0 Å². The van der Waals surface area contributed by atoms with Crippen LogP contribution in [0.4, 0.5) is 4.39 Å². The Bertz CT molecular complexity index is 756. The van der Waals surface area contributed by atoms with E-state index in [1.54, 1.807) is 13.0 Å². The molecule has 0 aromatic heterocycles. The fraction of sp³-hybridized carbons (Fsp3) is 0.350. The van der Waals surface area contributed by atoms with Crippen molar-refractivity contribution in [2.75, 3.05) is 6.61 Å².